The first kappa shape index (κ1) is 17.3. The van der Waals surface area contributed by atoms with Crippen molar-refractivity contribution in [1.29, 1.82) is 0 Å². The highest BCUT2D eigenvalue weighted by atomic mass is 35.5. The summed E-state index contributed by atoms with van der Waals surface area (Å²) in [6.45, 7) is 2.34. The summed E-state index contributed by atoms with van der Waals surface area (Å²) >= 11 is 11.9. The molecular formula is C17H16Cl2N2O2. The van der Waals surface area contributed by atoms with Crippen molar-refractivity contribution in [2.24, 2.45) is 0 Å². The zero-order valence-electron chi connectivity index (χ0n) is 12.6. The van der Waals surface area contributed by atoms with Crippen molar-refractivity contribution in [3.8, 4) is 0 Å². The van der Waals surface area contributed by atoms with E-state index < -0.39 is 5.91 Å². The molecule has 0 fully saturated rings. The lowest BCUT2D eigenvalue weighted by atomic mass is 10.2. The Hall–Kier alpha value is -2.04. The topological polar surface area (TPSA) is 49.4 Å². The van der Waals surface area contributed by atoms with E-state index in [2.05, 4.69) is 5.32 Å². The number of hydrogen-bond acceptors (Lipinski definition) is 2. The van der Waals surface area contributed by atoms with Crippen molar-refractivity contribution in [1.82, 2.24) is 0 Å². The molecule has 2 rings (SSSR count). The van der Waals surface area contributed by atoms with E-state index in [4.69, 9.17) is 23.2 Å². The Kier molecular flexibility index (Phi) is 6.02. The van der Waals surface area contributed by atoms with E-state index in [0.717, 1.165) is 5.69 Å². The highest BCUT2D eigenvalue weighted by molar-refractivity contribution is 6.35. The zero-order valence-corrected chi connectivity index (χ0v) is 14.1. The predicted molar refractivity (Wildman–Crippen MR) is 94.2 cm³/mol. The molecule has 0 saturated carbocycles. The van der Waals surface area contributed by atoms with Crippen LogP contribution in [0.2, 0.25) is 10.0 Å². The molecule has 0 bridgehead atoms. The molecule has 0 aliphatic rings. The lowest BCUT2D eigenvalue weighted by Gasteiger charge is -2.20. The monoisotopic (exact) mass is 350 g/mol. The molecule has 6 heteroatoms. The number of benzene rings is 2. The van der Waals surface area contributed by atoms with Gasteiger partial charge in [0, 0.05) is 17.3 Å². The van der Waals surface area contributed by atoms with Crippen molar-refractivity contribution in [3.05, 3.63) is 58.6 Å². The van der Waals surface area contributed by atoms with Crippen LogP contribution in [0.25, 0.3) is 0 Å². The van der Waals surface area contributed by atoms with Gasteiger partial charge in [-0.25, -0.2) is 0 Å². The highest BCUT2D eigenvalue weighted by Gasteiger charge is 2.18. The Balaban J connectivity index is 2.04. The van der Waals surface area contributed by atoms with Crippen molar-refractivity contribution in [3.63, 3.8) is 0 Å². The maximum absolute atomic E-state index is 12.3. The molecule has 23 heavy (non-hydrogen) atoms. The number of nitrogens with zero attached hydrogens (tertiary/aromatic N) is 1. The fraction of sp³-hybridized carbons (Fsp3) is 0.176. The van der Waals surface area contributed by atoms with Crippen LogP contribution in [-0.4, -0.2) is 18.4 Å². The molecule has 0 atom stereocenters. The second-order valence-corrected chi connectivity index (χ2v) is 5.67. The Bertz CT molecular complexity index is 705. The largest absolute Gasteiger partial charge is 0.324 e. The number of para-hydroxylation sites is 1. The van der Waals surface area contributed by atoms with Crippen LogP contribution in [0.1, 0.15) is 13.3 Å². The van der Waals surface area contributed by atoms with E-state index >= 15 is 0 Å². The fourth-order valence-corrected chi connectivity index (χ4v) is 2.47. The number of nitrogens with one attached hydrogen (secondary N) is 1. The Labute approximate surface area is 145 Å². The number of rotatable bonds is 5. The third-order valence-corrected chi connectivity index (χ3v) is 3.76. The van der Waals surface area contributed by atoms with E-state index in [9.17, 15) is 9.59 Å². The summed E-state index contributed by atoms with van der Waals surface area (Å²) < 4.78 is 0. The molecular weight excluding hydrogens is 335 g/mol. The third-order valence-electron chi connectivity index (χ3n) is 3.20. The standard InChI is InChI=1S/C17H16Cl2N2O2/c1-2-21(13-6-4-3-5-7-13)17(23)11-16(22)20-15-10-12(18)8-9-14(15)19/h3-10H,2,11H2,1H3,(H,20,22). The number of halogens is 2. The van der Waals surface area contributed by atoms with Gasteiger partial charge < -0.3 is 10.2 Å². The summed E-state index contributed by atoms with van der Waals surface area (Å²) in [5.41, 5.74) is 1.15. The van der Waals surface area contributed by atoms with Gasteiger partial charge in [-0.1, -0.05) is 41.4 Å². The van der Waals surface area contributed by atoms with Crippen LogP contribution in [0, 0.1) is 0 Å². The van der Waals surface area contributed by atoms with Crippen molar-refractivity contribution in [2.45, 2.75) is 13.3 Å². The van der Waals surface area contributed by atoms with Crippen LogP contribution in [0.15, 0.2) is 48.5 Å². The first-order valence-corrected chi connectivity index (χ1v) is 7.87. The van der Waals surface area contributed by atoms with Gasteiger partial charge >= 0.3 is 0 Å². The highest BCUT2D eigenvalue weighted by Crippen LogP contribution is 2.25. The van der Waals surface area contributed by atoms with E-state index in [1.165, 1.54) is 0 Å². The minimum absolute atomic E-state index is 0.272. The van der Waals surface area contributed by atoms with E-state index in [0.29, 0.717) is 22.3 Å². The van der Waals surface area contributed by atoms with Gasteiger partial charge in [0.05, 0.1) is 10.7 Å². The summed E-state index contributed by atoms with van der Waals surface area (Å²) in [4.78, 5) is 26.0. The van der Waals surface area contributed by atoms with Crippen LogP contribution in [0.5, 0.6) is 0 Å². The zero-order chi connectivity index (χ0) is 16.8. The number of anilines is 2. The smallest absolute Gasteiger partial charge is 0.236 e. The molecule has 0 spiro atoms. The van der Waals surface area contributed by atoms with Gasteiger partial charge in [-0.15, -0.1) is 0 Å². The minimum Gasteiger partial charge on any atom is -0.324 e. The lowest BCUT2D eigenvalue weighted by molar-refractivity contribution is -0.125. The van der Waals surface area contributed by atoms with Gasteiger partial charge in [0.15, 0.2) is 0 Å². The molecule has 0 aromatic heterocycles. The van der Waals surface area contributed by atoms with Gasteiger partial charge in [-0.2, -0.15) is 0 Å². The minimum atomic E-state index is -0.437. The molecule has 0 aliphatic carbocycles. The molecule has 120 valence electrons. The number of carbonyl (C=O) groups excluding carboxylic acids is 2. The first-order valence-electron chi connectivity index (χ1n) is 7.11. The maximum atomic E-state index is 12.3. The van der Waals surface area contributed by atoms with Crippen LogP contribution in [0.3, 0.4) is 0 Å². The molecule has 0 aliphatic heterocycles. The molecule has 2 aromatic rings. The molecule has 0 heterocycles. The van der Waals surface area contributed by atoms with Crippen molar-refractivity contribution >= 4 is 46.4 Å². The van der Waals surface area contributed by atoms with Gasteiger partial charge in [-0.3, -0.25) is 9.59 Å². The van der Waals surface area contributed by atoms with Crippen LogP contribution >= 0.6 is 23.2 Å². The second kappa shape index (κ2) is 7.99. The molecule has 1 N–H and O–H groups in total. The maximum Gasteiger partial charge on any atom is 0.236 e. The molecule has 0 saturated heterocycles. The molecule has 0 unspecified atom stereocenters. The first-order chi connectivity index (χ1) is 11.0. The summed E-state index contributed by atoms with van der Waals surface area (Å²) in [7, 11) is 0. The third kappa shape index (κ3) is 4.71. The van der Waals surface area contributed by atoms with E-state index in [1.807, 2.05) is 37.3 Å². The SMILES string of the molecule is CCN(C(=O)CC(=O)Nc1cc(Cl)ccc1Cl)c1ccccc1. The predicted octanol–water partition coefficient (Wildman–Crippen LogP) is 4.38. The van der Waals surface area contributed by atoms with Gasteiger partial charge in [0.25, 0.3) is 0 Å². The quantitative estimate of drug-likeness (QED) is 0.813. The van der Waals surface area contributed by atoms with Crippen molar-refractivity contribution in [2.75, 3.05) is 16.8 Å². The second-order valence-electron chi connectivity index (χ2n) is 4.82. The number of hydrogen-bond donors (Lipinski definition) is 1. The van der Waals surface area contributed by atoms with Crippen LogP contribution < -0.4 is 10.2 Å². The molecule has 2 aromatic carbocycles. The van der Waals surface area contributed by atoms with E-state index in [-0.39, 0.29) is 12.3 Å². The fourth-order valence-electron chi connectivity index (χ4n) is 2.13. The summed E-state index contributed by atoms with van der Waals surface area (Å²) in [5, 5.41) is 3.43. The Morgan fingerprint density at radius 2 is 1.78 bits per heavy atom. The average Bonchev–Trinajstić information content (AvgIpc) is 2.52. The van der Waals surface area contributed by atoms with Gasteiger partial charge in [0.2, 0.25) is 11.8 Å². The van der Waals surface area contributed by atoms with Crippen molar-refractivity contribution < 1.29 is 9.59 Å². The summed E-state index contributed by atoms with van der Waals surface area (Å²) in [6.07, 6.45) is -0.272. The van der Waals surface area contributed by atoms with Crippen LogP contribution in [0.4, 0.5) is 11.4 Å². The summed E-state index contributed by atoms with van der Waals surface area (Å²) in [6, 6.07) is 14.0. The Morgan fingerprint density at radius 1 is 1.09 bits per heavy atom. The lowest BCUT2D eigenvalue weighted by Crippen LogP contribution is -2.33. The van der Waals surface area contributed by atoms with Gasteiger partial charge in [-0.05, 0) is 37.3 Å². The number of amides is 2. The summed E-state index contributed by atoms with van der Waals surface area (Å²) in [5.74, 6) is -0.720. The molecule has 4 nitrogen and oxygen atoms in total. The number of carbonyl (C=O) groups is 2. The normalized spacial score (nSPS) is 10.2. The molecule has 2 amide bonds. The Morgan fingerprint density at radius 3 is 2.43 bits per heavy atom. The van der Waals surface area contributed by atoms with Crippen LogP contribution in [-0.2, 0) is 9.59 Å². The molecule has 0 radical (unpaired) electrons. The van der Waals surface area contributed by atoms with E-state index in [1.54, 1.807) is 23.1 Å². The van der Waals surface area contributed by atoms with Gasteiger partial charge in [0.1, 0.15) is 6.42 Å². The average molecular weight is 351 g/mol.